The number of ether oxygens (including phenoxy) is 1. The van der Waals surface area contributed by atoms with Crippen molar-refractivity contribution in [2.45, 2.75) is 50.3 Å². The summed E-state index contributed by atoms with van der Waals surface area (Å²) < 4.78 is 5.70. The number of anilines is 2. The van der Waals surface area contributed by atoms with E-state index in [-0.39, 0.29) is 0 Å². The van der Waals surface area contributed by atoms with Crippen LogP contribution in [0.1, 0.15) is 39.0 Å². The standard InChI is InChI=1S/C16H26N2OS/c1-3-11-19-14-9-6-8-13(16(14)17)18-12-7-4-5-10-15(12)20-2/h6,8-9,12,15,18H,3-5,7,10-11,17H2,1-2H3. The first kappa shape index (κ1) is 15.4. The Hall–Kier alpha value is -1.03. The van der Waals surface area contributed by atoms with Gasteiger partial charge in [0.05, 0.1) is 18.0 Å². The molecule has 2 unspecified atom stereocenters. The second-order valence-electron chi connectivity index (χ2n) is 5.38. The molecular formula is C16H26N2OS. The van der Waals surface area contributed by atoms with Crippen molar-refractivity contribution in [2.24, 2.45) is 0 Å². The molecule has 0 bridgehead atoms. The molecule has 0 heterocycles. The molecule has 3 nitrogen and oxygen atoms in total. The molecule has 0 amide bonds. The van der Waals surface area contributed by atoms with Crippen molar-refractivity contribution in [3.8, 4) is 5.75 Å². The van der Waals surface area contributed by atoms with Gasteiger partial charge in [-0.15, -0.1) is 0 Å². The molecule has 1 aromatic carbocycles. The summed E-state index contributed by atoms with van der Waals surface area (Å²) in [6.45, 7) is 2.81. The van der Waals surface area contributed by atoms with Gasteiger partial charge in [-0.25, -0.2) is 0 Å². The van der Waals surface area contributed by atoms with E-state index in [9.17, 15) is 0 Å². The molecule has 3 N–H and O–H groups in total. The summed E-state index contributed by atoms with van der Waals surface area (Å²) in [5, 5.41) is 4.32. The highest BCUT2D eigenvalue weighted by molar-refractivity contribution is 7.99. The third-order valence-corrected chi connectivity index (χ3v) is 5.04. The van der Waals surface area contributed by atoms with Gasteiger partial charge >= 0.3 is 0 Å². The fourth-order valence-corrected chi connectivity index (χ4v) is 3.69. The van der Waals surface area contributed by atoms with Crippen LogP contribution in [0.3, 0.4) is 0 Å². The molecule has 4 heteroatoms. The SMILES string of the molecule is CCCOc1cccc(NC2CCCCC2SC)c1N. The molecule has 0 saturated heterocycles. The highest BCUT2D eigenvalue weighted by atomic mass is 32.2. The minimum atomic E-state index is 0.516. The van der Waals surface area contributed by atoms with Crippen LogP contribution in [0.2, 0.25) is 0 Å². The summed E-state index contributed by atoms with van der Waals surface area (Å²) >= 11 is 1.96. The highest BCUT2D eigenvalue weighted by Gasteiger charge is 2.24. The molecule has 112 valence electrons. The average Bonchev–Trinajstić information content (AvgIpc) is 2.48. The van der Waals surface area contributed by atoms with Crippen LogP contribution in [-0.2, 0) is 0 Å². The zero-order valence-electron chi connectivity index (χ0n) is 12.5. The summed E-state index contributed by atoms with van der Waals surface area (Å²) in [6.07, 6.45) is 8.37. The molecule has 1 aliphatic carbocycles. The Bertz CT molecular complexity index is 425. The number of nitrogen functional groups attached to an aromatic ring is 1. The Morgan fingerprint density at radius 2 is 2.15 bits per heavy atom. The molecular weight excluding hydrogens is 268 g/mol. The Labute approximate surface area is 126 Å². The Morgan fingerprint density at radius 1 is 1.35 bits per heavy atom. The van der Waals surface area contributed by atoms with Crippen LogP contribution in [0, 0.1) is 0 Å². The van der Waals surface area contributed by atoms with Gasteiger partial charge in [0.15, 0.2) is 0 Å². The highest BCUT2D eigenvalue weighted by Crippen LogP contribution is 2.34. The maximum atomic E-state index is 6.23. The number of thioether (sulfide) groups is 1. The predicted octanol–water partition coefficient (Wildman–Crippen LogP) is 4.14. The minimum absolute atomic E-state index is 0.516. The van der Waals surface area contributed by atoms with Gasteiger partial charge in [-0.2, -0.15) is 11.8 Å². The minimum Gasteiger partial charge on any atom is -0.491 e. The molecule has 0 radical (unpaired) electrons. The summed E-state index contributed by atoms with van der Waals surface area (Å²) in [7, 11) is 0. The first-order chi connectivity index (χ1) is 9.76. The van der Waals surface area contributed by atoms with Gasteiger partial charge < -0.3 is 15.8 Å². The maximum absolute atomic E-state index is 6.23. The van der Waals surface area contributed by atoms with Crippen LogP contribution in [0.4, 0.5) is 11.4 Å². The van der Waals surface area contributed by atoms with E-state index in [0.29, 0.717) is 17.9 Å². The predicted molar refractivity (Wildman–Crippen MR) is 89.8 cm³/mol. The normalized spacial score (nSPS) is 22.5. The summed E-state index contributed by atoms with van der Waals surface area (Å²) in [4.78, 5) is 0. The Morgan fingerprint density at radius 3 is 2.90 bits per heavy atom. The molecule has 0 aromatic heterocycles. The van der Waals surface area contributed by atoms with Crippen molar-refractivity contribution < 1.29 is 4.74 Å². The van der Waals surface area contributed by atoms with E-state index < -0.39 is 0 Å². The first-order valence-electron chi connectivity index (χ1n) is 7.57. The number of para-hydroxylation sites is 1. The molecule has 1 aromatic rings. The quantitative estimate of drug-likeness (QED) is 0.774. The fourth-order valence-electron chi connectivity index (χ4n) is 2.75. The molecule has 1 saturated carbocycles. The van der Waals surface area contributed by atoms with E-state index in [1.54, 1.807) is 0 Å². The van der Waals surface area contributed by atoms with Crippen molar-refractivity contribution in [3.05, 3.63) is 18.2 Å². The van der Waals surface area contributed by atoms with Gasteiger partial charge in [0, 0.05) is 11.3 Å². The number of hydrogen-bond donors (Lipinski definition) is 2. The van der Waals surface area contributed by atoms with E-state index >= 15 is 0 Å². The monoisotopic (exact) mass is 294 g/mol. The summed E-state index contributed by atoms with van der Waals surface area (Å²) in [5.41, 5.74) is 7.99. The Balaban J connectivity index is 2.08. The third-order valence-electron chi connectivity index (χ3n) is 3.87. The third kappa shape index (κ3) is 3.75. The smallest absolute Gasteiger partial charge is 0.144 e. The van der Waals surface area contributed by atoms with Crippen molar-refractivity contribution in [2.75, 3.05) is 23.9 Å². The first-order valence-corrected chi connectivity index (χ1v) is 8.85. The van der Waals surface area contributed by atoms with Crippen molar-refractivity contribution in [1.29, 1.82) is 0 Å². The van der Waals surface area contributed by atoms with Crippen molar-refractivity contribution in [3.63, 3.8) is 0 Å². The zero-order valence-corrected chi connectivity index (χ0v) is 13.3. The van der Waals surface area contributed by atoms with E-state index in [0.717, 1.165) is 23.5 Å². The number of hydrogen-bond acceptors (Lipinski definition) is 4. The van der Waals surface area contributed by atoms with Gasteiger partial charge in [-0.05, 0) is 37.7 Å². The molecule has 20 heavy (non-hydrogen) atoms. The van der Waals surface area contributed by atoms with Crippen LogP contribution in [0.5, 0.6) is 5.75 Å². The number of rotatable bonds is 6. The number of nitrogens with two attached hydrogens (primary N) is 1. The van der Waals surface area contributed by atoms with E-state index in [1.165, 1.54) is 25.7 Å². The molecule has 0 aliphatic heterocycles. The summed E-state index contributed by atoms with van der Waals surface area (Å²) in [6, 6.07) is 6.53. The van der Waals surface area contributed by atoms with Crippen molar-refractivity contribution in [1.82, 2.24) is 0 Å². The molecule has 1 aliphatic rings. The van der Waals surface area contributed by atoms with E-state index in [4.69, 9.17) is 10.5 Å². The van der Waals surface area contributed by atoms with Crippen LogP contribution in [-0.4, -0.2) is 24.2 Å². The zero-order chi connectivity index (χ0) is 14.4. The molecule has 2 rings (SSSR count). The Kier molecular flexibility index (Phi) is 5.89. The van der Waals surface area contributed by atoms with Gasteiger partial charge in [-0.3, -0.25) is 0 Å². The van der Waals surface area contributed by atoms with Crippen LogP contribution in [0.15, 0.2) is 18.2 Å². The number of benzene rings is 1. The van der Waals surface area contributed by atoms with Crippen LogP contribution < -0.4 is 15.8 Å². The van der Waals surface area contributed by atoms with E-state index in [2.05, 4.69) is 24.6 Å². The molecule has 2 atom stereocenters. The summed E-state index contributed by atoms with van der Waals surface area (Å²) in [5.74, 6) is 0.799. The lowest BCUT2D eigenvalue weighted by Crippen LogP contribution is -2.34. The lowest BCUT2D eigenvalue weighted by atomic mass is 9.94. The van der Waals surface area contributed by atoms with Gasteiger partial charge in [0.25, 0.3) is 0 Å². The number of nitrogens with one attached hydrogen (secondary N) is 1. The second kappa shape index (κ2) is 7.67. The van der Waals surface area contributed by atoms with Gasteiger partial charge in [-0.1, -0.05) is 25.8 Å². The van der Waals surface area contributed by atoms with Crippen molar-refractivity contribution >= 4 is 23.1 Å². The molecule has 0 spiro atoms. The molecule has 1 fully saturated rings. The van der Waals surface area contributed by atoms with Crippen LogP contribution >= 0.6 is 11.8 Å². The second-order valence-corrected chi connectivity index (χ2v) is 6.45. The fraction of sp³-hybridized carbons (Fsp3) is 0.625. The average molecular weight is 294 g/mol. The van der Waals surface area contributed by atoms with Gasteiger partial charge in [0.2, 0.25) is 0 Å². The topological polar surface area (TPSA) is 47.3 Å². The van der Waals surface area contributed by atoms with Crippen LogP contribution in [0.25, 0.3) is 0 Å². The van der Waals surface area contributed by atoms with Gasteiger partial charge in [0.1, 0.15) is 5.75 Å². The lowest BCUT2D eigenvalue weighted by Gasteiger charge is -2.32. The largest absolute Gasteiger partial charge is 0.491 e. The lowest BCUT2D eigenvalue weighted by molar-refractivity contribution is 0.319. The maximum Gasteiger partial charge on any atom is 0.144 e. The van der Waals surface area contributed by atoms with E-state index in [1.807, 2.05) is 23.9 Å².